The molecule has 5 nitrogen and oxygen atoms in total. The van der Waals surface area contributed by atoms with Crippen molar-refractivity contribution in [1.82, 2.24) is 22.3 Å². The highest BCUT2D eigenvalue weighted by atomic mass is 28.3. The first-order valence-corrected chi connectivity index (χ1v) is 48.5. The van der Waals surface area contributed by atoms with Crippen molar-refractivity contribution in [1.29, 1.82) is 0 Å². The summed E-state index contributed by atoms with van der Waals surface area (Å²) in [5.74, 6) is 0. The van der Waals surface area contributed by atoms with Gasteiger partial charge in [-0.15, -0.1) is 0 Å². The first-order valence-electron chi connectivity index (χ1n) is 45.0. The van der Waals surface area contributed by atoms with Crippen molar-refractivity contribution in [2.24, 2.45) is 0 Å². The molecule has 600 valence electrons. The molecule has 8 heterocycles. The van der Waals surface area contributed by atoms with Crippen LogP contribution >= 0.6 is 0 Å². The molecule has 30 aromatic rings. The van der Waals surface area contributed by atoms with E-state index in [1.54, 1.807) is 0 Å². The Balaban J connectivity index is 0.0000000983. The van der Waals surface area contributed by atoms with Gasteiger partial charge in [-0.25, -0.2) is 0 Å². The van der Waals surface area contributed by atoms with Crippen molar-refractivity contribution in [2.75, 3.05) is 0 Å². The van der Waals surface area contributed by atoms with Crippen LogP contribution in [0, 0.1) is 0 Å². The molecule has 0 spiro atoms. The second kappa shape index (κ2) is 27.1. The van der Waals surface area contributed by atoms with Gasteiger partial charge in [0.25, 0.3) is 0 Å². The van der Waals surface area contributed by atoms with Crippen LogP contribution in [0.25, 0.3) is 267 Å². The van der Waals surface area contributed by atoms with Crippen molar-refractivity contribution < 1.29 is 0 Å². The lowest BCUT2D eigenvalue weighted by molar-refractivity contribution is 1.18. The van der Waals surface area contributed by atoms with Gasteiger partial charge in [-0.05, 0) is 262 Å². The molecule has 0 aliphatic carbocycles. The highest BCUT2D eigenvalue weighted by Gasteiger charge is 2.28. The topological polar surface area (TPSA) is 23.1 Å². The zero-order valence-electron chi connectivity index (χ0n) is 71.2. The van der Waals surface area contributed by atoms with E-state index in [-0.39, 0.29) is 0 Å². The second-order valence-electron chi connectivity index (χ2n) is 36.7. The summed E-state index contributed by atoms with van der Waals surface area (Å²) in [5.41, 5.74) is 26.4. The Morgan fingerprint density at radius 1 is 0.163 bits per heavy atom. The summed E-state index contributed by atoms with van der Waals surface area (Å²) in [6.45, 7) is 7.24. The fourth-order valence-electron chi connectivity index (χ4n) is 22.5. The Morgan fingerprint density at radius 3 is 0.791 bits per heavy atom. The van der Waals surface area contributed by atoms with E-state index in [4.69, 9.17) is 0 Å². The summed E-state index contributed by atoms with van der Waals surface area (Å²) in [5, 5.41) is 37.7. The Labute approximate surface area is 741 Å². The van der Waals surface area contributed by atoms with Crippen molar-refractivity contribution in [3.63, 3.8) is 0 Å². The van der Waals surface area contributed by atoms with Crippen LogP contribution in [0.1, 0.15) is 0 Å². The van der Waals surface area contributed by atoms with Gasteiger partial charge in [0.1, 0.15) is 0 Å². The van der Waals surface area contributed by atoms with Gasteiger partial charge >= 0.3 is 0 Å². The highest BCUT2D eigenvalue weighted by molar-refractivity contribution is 6.88. The van der Waals surface area contributed by atoms with Crippen LogP contribution in [0.2, 0.25) is 19.6 Å². The number of fused-ring (bicyclic) bond motifs is 30. The Kier molecular flexibility index (Phi) is 15.1. The number of nitrogens with zero attached hydrogens (tertiary/aromatic N) is 5. The molecule has 0 radical (unpaired) electrons. The van der Waals surface area contributed by atoms with Gasteiger partial charge in [0.2, 0.25) is 0 Å². The lowest BCUT2D eigenvalue weighted by atomic mass is 9.95. The van der Waals surface area contributed by atoms with E-state index in [1.165, 1.54) is 272 Å². The van der Waals surface area contributed by atoms with Gasteiger partial charge in [0.05, 0.1) is 79.8 Å². The lowest BCUT2D eigenvalue weighted by Gasteiger charge is -2.17. The van der Waals surface area contributed by atoms with Crippen LogP contribution < -0.4 is 5.19 Å². The minimum atomic E-state index is -1.34. The van der Waals surface area contributed by atoms with E-state index in [0.29, 0.717) is 0 Å². The molecule has 0 N–H and O–H groups in total. The van der Waals surface area contributed by atoms with E-state index in [9.17, 15) is 0 Å². The summed E-state index contributed by atoms with van der Waals surface area (Å²) >= 11 is 0. The third-order valence-electron chi connectivity index (χ3n) is 28.5. The SMILES string of the molecule is C[Si](C)(C)c1ccc(-c2cc3c4cc5ccccc5cc4n4c5cc6ccccc6cc5c(c2)c34)cc1.c1ccc(-n2c3ccccc3c3c(-c4cc5c6cc7ccccc7cc6n6c7cc8ccccc8cc7c(c4)c56)cccc32)cc1.c1ccc(-n2c3ccccc3c3cc(-c4cc5c6cc7ccccc7cc6n6c7cc8ccccc8cc7c(c4)c56)ccc32)cc1. The zero-order valence-corrected chi connectivity index (χ0v) is 72.2. The minimum absolute atomic E-state index is 1.18. The molecule has 0 saturated carbocycles. The standard InChI is InChI=1S/2C44H26N2.C35H27NSi/c1-2-15-32(16-3-1)45-39-19-9-8-17-34(39)43-33(18-10-20-40(43)45)31-23-37-35-21-27-11-4-6-13-29(27)25-41(35)46-42-26-30-14-7-5-12-28(30)22-36(42)38(24-31)44(37)46;1-2-14-33(15-3-1)45-40-17-9-8-16-34(40)35-22-31(18-19-41(35)45)32-23-38-36-20-27-10-4-6-12-29(27)25-42(36)46-43-26-30-13-7-5-11-28(30)21-37(43)39(24-32)44(38)46;1-37(2,3)28-14-12-22(13-15-28)27-18-31-29-16-23-8-4-6-10-25(23)20-33(29)36-34-21-26-11-7-5-9-24(26)17-30(34)32(19-27)35(31)36/h2*1-26H;4-21H,1-3H3. The smallest absolute Gasteiger partial charge is 0.0775 e. The monoisotopic (exact) mass is 1650 g/mol. The fraction of sp³-hybridized carbons (Fsp3) is 0.0244. The quantitative estimate of drug-likeness (QED) is 0.148. The molecule has 0 fully saturated rings. The zero-order chi connectivity index (χ0) is 84.8. The van der Waals surface area contributed by atoms with Gasteiger partial charge in [0, 0.05) is 97.6 Å². The van der Waals surface area contributed by atoms with Crippen molar-refractivity contribution in [2.45, 2.75) is 19.6 Å². The molecule has 129 heavy (non-hydrogen) atoms. The average Bonchev–Trinajstić information content (AvgIpc) is 1.49. The van der Waals surface area contributed by atoms with Crippen molar-refractivity contribution in [3.8, 4) is 44.8 Å². The van der Waals surface area contributed by atoms with E-state index in [2.05, 4.69) is 467 Å². The summed E-state index contributed by atoms with van der Waals surface area (Å²) in [6.07, 6.45) is 0. The van der Waals surface area contributed by atoms with E-state index < -0.39 is 8.07 Å². The summed E-state index contributed by atoms with van der Waals surface area (Å²) in [4.78, 5) is 0. The molecular weight excluding hydrogens is 1580 g/mol. The molecule has 0 aliphatic heterocycles. The molecule has 22 aromatic carbocycles. The molecule has 8 aromatic heterocycles. The summed E-state index contributed by atoms with van der Waals surface area (Å²) in [7, 11) is -1.34. The fourth-order valence-corrected chi connectivity index (χ4v) is 23.7. The largest absolute Gasteiger partial charge is 0.309 e. The third-order valence-corrected chi connectivity index (χ3v) is 30.6. The van der Waals surface area contributed by atoms with Crippen molar-refractivity contribution in [3.05, 3.63) is 425 Å². The average molecular weight is 1660 g/mol. The molecule has 0 aliphatic rings. The number of aromatic nitrogens is 5. The summed E-state index contributed by atoms with van der Waals surface area (Å²) in [6, 6.07) is 158. The number of hydrogen-bond acceptors (Lipinski definition) is 0. The molecule has 0 atom stereocenters. The maximum Gasteiger partial charge on any atom is 0.0775 e. The van der Waals surface area contributed by atoms with Crippen LogP contribution in [-0.2, 0) is 0 Å². The Morgan fingerprint density at radius 2 is 0.426 bits per heavy atom. The van der Waals surface area contributed by atoms with Gasteiger partial charge in [-0.2, -0.15) is 0 Å². The second-order valence-corrected chi connectivity index (χ2v) is 41.8. The maximum atomic E-state index is 2.51. The van der Waals surface area contributed by atoms with E-state index in [0.717, 1.165) is 0 Å². The van der Waals surface area contributed by atoms with Crippen molar-refractivity contribution >= 4 is 236 Å². The molecular formula is C123H79N5Si. The predicted molar refractivity (Wildman–Crippen MR) is 556 cm³/mol. The van der Waals surface area contributed by atoms with Crippen LogP contribution in [0.4, 0.5) is 0 Å². The van der Waals surface area contributed by atoms with Crippen LogP contribution in [0.3, 0.4) is 0 Å². The third kappa shape index (κ3) is 10.7. The first kappa shape index (κ1) is 72.0. The Bertz CT molecular complexity index is 9620. The van der Waals surface area contributed by atoms with Gasteiger partial charge < -0.3 is 22.3 Å². The van der Waals surface area contributed by atoms with Crippen LogP contribution in [0.5, 0.6) is 0 Å². The van der Waals surface area contributed by atoms with Crippen LogP contribution in [-0.4, -0.2) is 30.4 Å². The molecule has 0 saturated heterocycles. The molecule has 0 unspecified atom stereocenters. The van der Waals surface area contributed by atoms with E-state index >= 15 is 0 Å². The normalized spacial score (nSPS) is 12.5. The maximum absolute atomic E-state index is 2.51. The van der Waals surface area contributed by atoms with Gasteiger partial charge in [0.15, 0.2) is 0 Å². The first-order chi connectivity index (χ1) is 63.6. The minimum Gasteiger partial charge on any atom is -0.309 e. The van der Waals surface area contributed by atoms with E-state index in [1.807, 2.05) is 0 Å². The van der Waals surface area contributed by atoms with Gasteiger partial charge in [-0.1, -0.05) is 286 Å². The molecule has 30 rings (SSSR count). The number of benzene rings is 22. The number of rotatable bonds is 6. The predicted octanol–water partition coefficient (Wildman–Crippen LogP) is 33.2. The Hall–Kier alpha value is -16.4. The number of hydrogen-bond donors (Lipinski definition) is 0. The highest BCUT2D eigenvalue weighted by Crippen LogP contribution is 2.51. The lowest BCUT2D eigenvalue weighted by Crippen LogP contribution is -2.37. The van der Waals surface area contributed by atoms with Crippen LogP contribution in [0.15, 0.2) is 425 Å². The molecule has 0 bridgehead atoms. The summed E-state index contributed by atoms with van der Waals surface area (Å²) < 4.78 is 12.3. The molecule has 6 heteroatoms. The molecule has 0 amide bonds. The number of para-hydroxylation sites is 4. The van der Waals surface area contributed by atoms with Gasteiger partial charge in [-0.3, -0.25) is 0 Å².